The summed E-state index contributed by atoms with van der Waals surface area (Å²) in [5.41, 5.74) is 3.45. The second-order valence-corrected chi connectivity index (χ2v) is 9.79. The average Bonchev–Trinajstić information content (AvgIpc) is 2.71. The van der Waals surface area contributed by atoms with Crippen LogP contribution in [0.3, 0.4) is 0 Å². The largest absolute Gasteiger partial charge is 0.354 e. The maximum Gasteiger partial charge on any atom is 0.242 e. The van der Waals surface area contributed by atoms with Gasteiger partial charge in [0.25, 0.3) is 0 Å². The van der Waals surface area contributed by atoms with Crippen molar-refractivity contribution in [2.24, 2.45) is 5.92 Å². The minimum atomic E-state index is -0.533. The van der Waals surface area contributed by atoms with Crippen LogP contribution >= 0.6 is 27.7 Å². The Balaban J connectivity index is 2.07. The average molecular weight is 491 g/mol. The zero-order valence-electron chi connectivity index (χ0n) is 18.2. The molecule has 0 unspecified atom stereocenters. The molecular weight excluding hydrogens is 460 g/mol. The molecule has 2 aromatic rings. The standard InChI is InChI=1S/C24H31BrN2O2S/c1-17(2)13-26-24(29)19(4)27(14-20-9-7-11-22(25)12-20)23(28)16-30-15-21-10-6-5-8-18(21)3/h5-12,17,19H,13-16H2,1-4H3,(H,26,29)/t19-/m0/s1. The fourth-order valence-corrected chi connectivity index (χ4v) is 4.40. The zero-order valence-corrected chi connectivity index (χ0v) is 20.6. The Morgan fingerprint density at radius 3 is 2.50 bits per heavy atom. The molecule has 1 N–H and O–H groups in total. The minimum absolute atomic E-state index is 0.0271. The number of thioether (sulfide) groups is 1. The summed E-state index contributed by atoms with van der Waals surface area (Å²) in [5.74, 6) is 1.33. The molecule has 4 nitrogen and oxygen atoms in total. The number of nitrogens with zero attached hydrogens (tertiary/aromatic N) is 1. The van der Waals surface area contributed by atoms with Crippen molar-refractivity contribution in [3.05, 3.63) is 69.7 Å². The van der Waals surface area contributed by atoms with Gasteiger partial charge < -0.3 is 10.2 Å². The Morgan fingerprint density at radius 2 is 1.83 bits per heavy atom. The first-order chi connectivity index (χ1) is 14.3. The van der Waals surface area contributed by atoms with Gasteiger partial charge in [-0.25, -0.2) is 0 Å². The second kappa shape index (κ2) is 12.2. The number of hydrogen-bond donors (Lipinski definition) is 1. The Labute approximate surface area is 192 Å². The monoisotopic (exact) mass is 490 g/mol. The number of benzene rings is 2. The van der Waals surface area contributed by atoms with Gasteiger partial charge in [0.1, 0.15) is 6.04 Å². The third-order valence-electron chi connectivity index (χ3n) is 4.84. The number of halogens is 1. The SMILES string of the molecule is Cc1ccccc1CSCC(=O)N(Cc1cccc(Br)c1)[C@@H](C)C(=O)NCC(C)C. The minimum Gasteiger partial charge on any atom is -0.354 e. The summed E-state index contributed by atoms with van der Waals surface area (Å²) in [6.45, 7) is 8.99. The first-order valence-electron chi connectivity index (χ1n) is 10.2. The molecule has 2 rings (SSSR count). The van der Waals surface area contributed by atoms with E-state index in [1.165, 1.54) is 11.1 Å². The molecule has 0 fully saturated rings. The van der Waals surface area contributed by atoms with Gasteiger partial charge in [-0.05, 0) is 48.6 Å². The van der Waals surface area contributed by atoms with Crippen molar-refractivity contribution in [2.45, 2.75) is 46.0 Å². The summed E-state index contributed by atoms with van der Waals surface area (Å²) in [5, 5.41) is 2.95. The molecular formula is C24H31BrN2O2S. The molecule has 2 aromatic carbocycles. The number of hydrogen-bond acceptors (Lipinski definition) is 3. The number of carbonyl (C=O) groups excluding carboxylic acids is 2. The highest BCUT2D eigenvalue weighted by atomic mass is 79.9. The normalized spacial score (nSPS) is 11.9. The lowest BCUT2D eigenvalue weighted by Crippen LogP contribution is -2.48. The molecule has 30 heavy (non-hydrogen) atoms. The van der Waals surface area contributed by atoms with Crippen LogP contribution in [-0.2, 0) is 21.9 Å². The zero-order chi connectivity index (χ0) is 22.1. The molecule has 0 aliphatic rings. The van der Waals surface area contributed by atoms with E-state index in [0.29, 0.717) is 24.8 Å². The van der Waals surface area contributed by atoms with Crippen LogP contribution in [0.5, 0.6) is 0 Å². The fourth-order valence-electron chi connectivity index (χ4n) is 2.97. The number of amides is 2. The number of aryl methyl sites for hydroxylation is 1. The molecule has 2 amide bonds. The topological polar surface area (TPSA) is 49.4 Å². The third-order valence-corrected chi connectivity index (χ3v) is 6.30. The van der Waals surface area contributed by atoms with Gasteiger partial charge in [-0.2, -0.15) is 0 Å². The highest BCUT2D eigenvalue weighted by molar-refractivity contribution is 9.10. The van der Waals surface area contributed by atoms with Crippen molar-refractivity contribution in [3.8, 4) is 0 Å². The molecule has 1 atom stereocenters. The van der Waals surface area contributed by atoms with Crippen LogP contribution in [0.1, 0.15) is 37.5 Å². The van der Waals surface area contributed by atoms with Crippen molar-refractivity contribution in [1.29, 1.82) is 0 Å². The van der Waals surface area contributed by atoms with Crippen molar-refractivity contribution >= 4 is 39.5 Å². The van der Waals surface area contributed by atoms with E-state index in [-0.39, 0.29) is 11.8 Å². The Morgan fingerprint density at radius 1 is 1.10 bits per heavy atom. The van der Waals surface area contributed by atoms with Crippen molar-refractivity contribution in [1.82, 2.24) is 10.2 Å². The van der Waals surface area contributed by atoms with Crippen LogP contribution in [0.15, 0.2) is 53.0 Å². The van der Waals surface area contributed by atoms with Gasteiger partial charge in [0.15, 0.2) is 0 Å². The molecule has 6 heteroatoms. The summed E-state index contributed by atoms with van der Waals surface area (Å²) in [6, 6.07) is 15.5. The Kier molecular flexibility index (Phi) is 9.92. The van der Waals surface area contributed by atoms with E-state index >= 15 is 0 Å². The van der Waals surface area contributed by atoms with Crippen LogP contribution in [0.25, 0.3) is 0 Å². The molecule has 0 radical (unpaired) electrons. The summed E-state index contributed by atoms with van der Waals surface area (Å²) in [6.07, 6.45) is 0. The van der Waals surface area contributed by atoms with Crippen LogP contribution < -0.4 is 5.32 Å². The summed E-state index contributed by atoms with van der Waals surface area (Å²) >= 11 is 5.07. The molecule has 0 aromatic heterocycles. The van der Waals surface area contributed by atoms with E-state index in [1.807, 2.05) is 36.4 Å². The van der Waals surface area contributed by atoms with Gasteiger partial charge in [-0.3, -0.25) is 9.59 Å². The lowest BCUT2D eigenvalue weighted by Gasteiger charge is -2.29. The lowest BCUT2D eigenvalue weighted by atomic mass is 10.1. The fraction of sp³-hybridized carbons (Fsp3) is 0.417. The van der Waals surface area contributed by atoms with Crippen LogP contribution in [0, 0.1) is 12.8 Å². The molecule has 0 aliphatic carbocycles. The maximum atomic E-state index is 13.1. The van der Waals surface area contributed by atoms with Gasteiger partial charge in [-0.1, -0.05) is 66.2 Å². The maximum absolute atomic E-state index is 13.1. The quantitative estimate of drug-likeness (QED) is 0.498. The lowest BCUT2D eigenvalue weighted by molar-refractivity contribution is -0.138. The second-order valence-electron chi connectivity index (χ2n) is 7.89. The summed E-state index contributed by atoms with van der Waals surface area (Å²) in [7, 11) is 0. The van der Waals surface area contributed by atoms with Crippen molar-refractivity contribution in [3.63, 3.8) is 0 Å². The number of carbonyl (C=O) groups is 2. The van der Waals surface area contributed by atoms with Gasteiger partial charge in [0.05, 0.1) is 5.75 Å². The van der Waals surface area contributed by atoms with E-state index < -0.39 is 6.04 Å². The number of nitrogens with one attached hydrogen (secondary N) is 1. The molecule has 0 aliphatic heterocycles. The predicted molar refractivity (Wildman–Crippen MR) is 129 cm³/mol. The Bertz CT molecular complexity index is 857. The van der Waals surface area contributed by atoms with Crippen LogP contribution in [0.4, 0.5) is 0 Å². The van der Waals surface area contributed by atoms with E-state index in [1.54, 1.807) is 23.6 Å². The molecule has 0 spiro atoms. The molecule has 0 saturated carbocycles. The molecule has 0 bridgehead atoms. The van der Waals surface area contributed by atoms with Gasteiger partial charge in [0.2, 0.25) is 11.8 Å². The molecule has 0 saturated heterocycles. The van der Waals surface area contributed by atoms with E-state index in [9.17, 15) is 9.59 Å². The van der Waals surface area contributed by atoms with E-state index in [2.05, 4.69) is 54.2 Å². The first kappa shape index (κ1) is 24.5. The number of rotatable bonds is 10. The van der Waals surface area contributed by atoms with Gasteiger partial charge in [-0.15, -0.1) is 11.8 Å². The summed E-state index contributed by atoms with van der Waals surface area (Å²) in [4.78, 5) is 27.5. The van der Waals surface area contributed by atoms with E-state index in [4.69, 9.17) is 0 Å². The van der Waals surface area contributed by atoms with E-state index in [0.717, 1.165) is 15.8 Å². The van der Waals surface area contributed by atoms with Gasteiger partial charge in [0, 0.05) is 23.3 Å². The molecule has 0 heterocycles. The van der Waals surface area contributed by atoms with Crippen LogP contribution in [-0.4, -0.2) is 35.1 Å². The smallest absolute Gasteiger partial charge is 0.242 e. The third kappa shape index (κ3) is 7.80. The molecule has 162 valence electrons. The predicted octanol–water partition coefficient (Wildman–Crippen LogP) is 5.18. The van der Waals surface area contributed by atoms with Gasteiger partial charge >= 0.3 is 0 Å². The van der Waals surface area contributed by atoms with Crippen LogP contribution in [0.2, 0.25) is 0 Å². The highest BCUT2D eigenvalue weighted by Crippen LogP contribution is 2.19. The Hall–Kier alpha value is -1.79. The van der Waals surface area contributed by atoms with Crippen molar-refractivity contribution in [2.75, 3.05) is 12.3 Å². The highest BCUT2D eigenvalue weighted by Gasteiger charge is 2.26. The summed E-state index contributed by atoms with van der Waals surface area (Å²) < 4.78 is 0.957. The first-order valence-corrected chi connectivity index (χ1v) is 12.2. The van der Waals surface area contributed by atoms with Crippen molar-refractivity contribution < 1.29 is 9.59 Å².